The molecular formula is C14H15N3O. The second-order valence-corrected chi connectivity index (χ2v) is 4.62. The molecule has 0 spiro atoms. The molecule has 0 bridgehead atoms. The quantitative estimate of drug-likeness (QED) is 0.440. The molecule has 4 heteroatoms. The van der Waals surface area contributed by atoms with Crippen molar-refractivity contribution < 1.29 is 4.79 Å². The lowest BCUT2D eigenvalue weighted by molar-refractivity contribution is -0.123. The van der Waals surface area contributed by atoms with E-state index in [0.717, 1.165) is 24.0 Å². The van der Waals surface area contributed by atoms with Gasteiger partial charge in [0.05, 0.1) is 0 Å². The van der Waals surface area contributed by atoms with Gasteiger partial charge in [-0.25, -0.2) is 0 Å². The van der Waals surface area contributed by atoms with Crippen molar-refractivity contribution in [1.82, 2.24) is 0 Å². The Morgan fingerprint density at radius 1 is 1.33 bits per heavy atom. The van der Waals surface area contributed by atoms with Gasteiger partial charge in [0.2, 0.25) is 0 Å². The Bertz CT molecular complexity index is 529. The smallest absolute Gasteiger partial charge is 0.148 e. The van der Waals surface area contributed by atoms with Gasteiger partial charge in [0.25, 0.3) is 0 Å². The third kappa shape index (κ3) is 2.29. The van der Waals surface area contributed by atoms with Gasteiger partial charge in [0.1, 0.15) is 11.3 Å². The van der Waals surface area contributed by atoms with Crippen molar-refractivity contribution in [3.05, 3.63) is 51.9 Å². The minimum Gasteiger partial charge on any atom is -0.299 e. The molecule has 1 aliphatic carbocycles. The lowest BCUT2D eigenvalue weighted by atomic mass is 9.77. The molecule has 0 N–H and O–H groups in total. The van der Waals surface area contributed by atoms with Crippen LogP contribution < -0.4 is 0 Å². The molecule has 0 radical (unpaired) electrons. The zero-order chi connectivity index (χ0) is 13.0. The SMILES string of the molecule is CC1(N=[N+]=[N-])C(=O)CCCC1=Cc1ccccc1. The van der Waals surface area contributed by atoms with Gasteiger partial charge < -0.3 is 0 Å². The van der Waals surface area contributed by atoms with Crippen molar-refractivity contribution in [1.29, 1.82) is 0 Å². The van der Waals surface area contributed by atoms with Crippen molar-refractivity contribution in [2.24, 2.45) is 5.11 Å². The Hall–Kier alpha value is -2.06. The first-order valence-electron chi connectivity index (χ1n) is 6.02. The molecule has 1 aromatic rings. The summed E-state index contributed by atoms with van der Waals surface area (Å²) in [5.74, 6) is 0.00808. The van der Waals surface area contributed by atoms with Crippen LogP contribution in [0.1, 0.15) is 31.7 Å². The summed E-state index contributed by atoms with van der Waals surface area (Å²) < 4.78 is 0. The summed E-state index contributed by atoms with van der Waals surface area (Å²) in [7, 11) is 0. The van der Waals surface area contributed by atoms with Gasteiger partial charge in [-0.15, -0.1) is 0 Å². The van der Waals surface area contributed by atoms with Crippen LogP contribution in [-0.4, -0.2) is 11.3 Å². The largest absolute Gasteiger partial charge is 0.299 e. The van der Waals surface area contributed by atoms with E-state index in [-0.39, 0.29) is 5.78 Å². The first kappa shape index (κ1) is 12.4. The molecule has 92 valence electrons. The summed E-state index contributed by atoms with van der Waals surface area (Å²) in [5.41, 5.74) is 9.59. The van der Waals surface area contributed by atoms with E-state index < -0.39 is 5.54 Å². The monoisotopic (exact) mass is 241 g/mol. The first-order chi connectivity index (χ1) is 8.66. The number of benzene rings is 1. The molecule has 0 aliphatic heterocycles. The van der Waals surface area contributed by atoms with Crippen LogP contribution in [0.4, 0.5) is 0 Å². The number of carbonyl (C=O) groups excluding carboxylic acids is 1. The van der Waals surface area contributed by atoms with Crippen LogP contribution in [0.25, 0.3) is 16.5 Å². The molecule has 1 fully saturated rings. The van der Waals surface area contributed by atoms with E-state index in [1.165, 1.54) is 0 Å². The molecule has 0 heterocycles. The van der Waals surface area contributed by atoms with E-state index in [1.54, 1.807) is 6.92 Å². The second kappa shape index (κ2) is 5.07. The average molecular weight is 241 g/mol. The van der Waals surface area contributed by atoms with Crippen molar-refractivity contribution in [3.63, 3.8) is 0 Å². The van der Waals surface area contributed by atoms with Crippen LogP contribution in [0, 0.1) is 0 Å². The van der Waals surface area contributed by atoms with E-state index in [2.05, 4.69) is 10.0 Å². The van der Waals surface area contributed by atoms with E-state index in [9.17, 15) is 4.79 Å². The van der Waals surface area contributed by atoms with Crippen molar-refractivity contribution >= 4 is 11.9 Å². The van der Waals surface area contributed by atoms with E-state index in [0.29, 0.717) is 6.42 Å². The number of carbonyl (C=O) groups is 1. The molecule has 1 atom stereocenters. The van der Waals surface area contributed by atoms with Crippen LogP contribution >= 0.6 is 0 Å². The Balaban J connectivity index is 2.44. The third-order valence-corrected chi connectivity index (χ3v) is 3.40. The summed E-state index contributed by atoms with van der Waals surface area (Å²) in [6, 6.07) is 9.79. The topological polar surface area (TPSA) is 65.8 Å². The van der Waals surface area contributed by atoms with E-state index in [1.807, 2.05) is 36.4 Å². The molecule has 1 aliphatic rings. The lowest BCUT2D eigenvalue weighted by Crippen LogP contribution is -2.38. The summed E-state index contributed by atoms with van der Waals surface area (Å²) in [5, 5.41) is 3.74. The molecular weight excluding hydrogens is 226 g/mol. The predicted molar refractivity (Wildman–Crippen MR) is 70.8 cm³/mol. The molecule has 0 aromatic heterocycles. The summed E-state index contributed by atoms with van der Waals surface area (Å²) in [4.78, 5) is 14.8. The lowest BCUT2D eigenvalue weighted by Gasteiger charge is -2.30. The number of hydrogen-bond donors (Lipinski definition) is 0. The highest BCUT2D eigenvalue weighted by Crippen LogP contribution is 2.35. The van der Waals surface area contributed by atoms with Crippen LogP contribution in [0.3, 0.4) is 0 Å². The highest BCUT2D eigenvalue weighted by Gasteiger charge is 2.38. The molecule has 1 saturated carbocycles. The zero-order valence-corrected chi connectivity index (χ0v) is 10.3. The summed E-state index contributed by atoms with van der Waals surface area (Å²) in [6.07, 6.45) is 4.08. The number of ketones is 1. The van der Waals surface area contributed by atoms with Gasteiger partial charge in [0, 0.05) is 11.3 Å². The predicted octanol–water partition coefficient (Wildman–Crippen LogP) is 3.89. The number of azide groups is 1. The molecule has 1 aromatic carbocycles. The highest BCUT2D eigenvalue weighted by molar-refractivity contribution is 5.94. The Labute approximate surface area is 106 Å². The molecule has 4 nitrogen and oxygen atoms in total. The molecule has 0 saturated heterocycles. The van der Waals surface area contributed by atoms with E-state index >= 15 is 0 Å². The van der Waals surface area contributed by atoms with Crippen LogP contribution in [-0.2, 0) is 4.79 Å². The highest BCUT2D eigenvalue weighted by atomic mass is 16.1. The van der Waals surface area contributed by atoms with Crippen molar-refractivity contribution in [2.75, 3.05) is 0 Å². The van der Waals surface area contributed by atoms with Crippen LogP contribution in [0.2, 0.25) is 0 Å². The number of rotatable bonds is 2. The maximum absolute atomic E-state index is 12.0. The summed E-state index contributed by atoms with van der Waals surface area (Å²) in [6.45, 7) is 1.71. The van der Waals surface area contributed by atoms with Crippen LogP contribution in [0.15, 0.2) is 41.0 Å². The van der Waals surface area contributed by atoms with Gasteiger partial charge in [-0.1, -0.05) is 47.1 Å². The first-order valence-corrected chi connectivity index (χ1v) is 6.02. The van der Waals surface area contributed by atoms with Gasteiger partial charge >= 0.3 is 0 Å². The van der Waals surface area contributed by atoms with Crippen molar-refractivity contribution in [3.8, 4) is 0 Å². The molecule has 1 unspecified atom stereocenters. The number of Topliss-reactive ketones (excluding diaryl/α,β-unsaturated/α-hetero) is 1. The fourth-order valence-corrected chi connectivity index (χ4v) is 2.28. The maximum Gasteiger partial charge on any atom is 0.148 e. The Kier molecular flexibility index (Phi) is 3.49. The molecule has 2 rings (SSSR count). The second-order valence-electron chi connectivity index (χ2n) is 4.62. The minimum atomic E-state index is -1.01. The van der Waals surface area contributed by atoms with Crippen molar-refractivity contribution in [2.45, 2.75) is 31.7 Å². The third-order valence-electron chi connectivity index (χ3n) is 3.40. The number of hydrogen-bond acceptors (Lipinski definition) is 2. The fraction of sp³-hybridized carbons (Fsp3) is 0.357. The molecule has 0 amide bonds. The Morgan fingerprint density at radius 3 is 2.72 bits per heavy atom. The van der Waals surface area contributed by atoms with E-state index in [4.69, 9.17) is 5.53 Å². The minimum absolute atomic E-state index is 0.00808. The number of nitrogens with zero attached hydrogens (tertiary/aromatic N) is 3. The van der Waals surface area contributed by atoms with Gasteiger partial charge in [0.15, 0.2) is 0 Å². The Morgan fingerprint density at radius 2 is 2.06 bits per heavy atom. The van der Waals surface area contributed by atoms with Gasteiger partial charge in [-0.05, 0) is 30.9 Å². The van der Waals surface area contributed by atoms with Gasteiger partial charge in [-0.2, -0.15) is 0 Å². The normalized spacial score (nSPS) is 25.8. The molecule has 18 heavy (non-hydrogen) atoms. The standard InChI is InChI=1S/C14H15N3O/c1-14(16-17-15)12(8-5-9-13(14)18)10-11-6-3-2-4-7-11/h2-4,6-7,10H,5,8-9H2,1H3. The zero-order valence-electron chi connectivity index (χ0n) is 10.3. The average Bonchev–Trinajstić information content (AvgIpc) is 2.37. The summed E-state index contributed by atoms with van der Waals surface area (Å²) >= 11 is 0. The van der Waals surface area contributed by atoms with Crippen LogP contribution in [0.5, 0.6) is 0 Å². The van der Waals surface area contributed by atoms with Gasteiger partial charge in [-0.3, -0.25) is 4.79 Å². The maximum atomic E-state index is 12.0. The fourth-order valence-electron chi connectivity index (χ4n) is 2.28.